The van der Waals surface area contributed by atoms with E-state index in [1.54, 1.807) is 0 Å². The molecular weight excluding hydrogens is 470 g/mol. The quantitative estimate of drug-likeness (QED) is 0.272. The van der Waals surface area contributed by atoms with Gasteiger partial charge in [-0.2, -0.15) is 0 Å². The summed E-state index contributed by atoms with van der Waals surface area (Å²) in [7, 11) is 0. The van der Waals surface area contributed by atoms with Crippen LogP contribution in [0.25, 0.3) is 10.9 Å². The molecule has 36 heavy (non-hydrogen) atoms. The van der Waals surface area contributed by atoms with Gasteiger partial charge in [0.25, 0.3) is 0 Å². The number of hydrogen-bond donors (Lipinski definition) is 3. The molecule has 186 valence electrons. The number of nitrogens with zero attached hydrogens (tertiary/aromatic N) is 5. The second kappa shape index (κ2) is 10.6. The van der Waals surface area contributed by atoms with Gasteiger partial charge in [-0.3, -0.25) is 4.79 Å². The molecular formula is C24H24F2N8O2. The van der Waals surface area contributed by atoms with Crippen LogP contribution in [0.5, 0.6) is 5.75 Å². The number of fused-ring (bicyclic) bond motifs is 1. The Morgan fingerprint density at radius 2 is 2.06 bits per heavy atom. The minimum Gasteiger partial charge on any atom is -0.493 e. The SMILES string of the molecule is O=C(Cn1cc(Nc2ncnc3cc(OCCCNC4CC4)ccc23)nn1)Nc1cccc(F)c1F. The molecule has 1 amide bonds. The van der Waals surface area contributed by atoms with Crippen molar-refractivity contribution in [1.29, 1.82) is 0 Å². The smallest absolute Gasteiger partial charge is 0.246 e. The van der Waals surface area contributed by atoms with Gasteiger partial charge in [-0.05, 0) is 50.1 Å². The maximum absolute atomic E-state index is 13.8. The highest BCUT2D eigenvalue weighted by atomic mass is 19.2. The van der Waals surface area contributed by atoms with Crippen LogP contribution in [0.1, 0.15) is 19.3 Å². The zero-order valence-corrected chi connectivity index (χ0v) is 19.2. The number of nitrogens with one attached hydrogen (secondary N) is 3. The van der Waals surface area contributed by atoms with Gasteiger partial charge in [-0.15, -0.1) is 5.10 Å². The maximum atomic E-state index is 13.8. The van der Waals surface area contributed by atoms with Gasteiger partial charge in [0.15, 0.2) is 17.5 Å². The fraction of sp³-hybridized carbons (Fsp3) is 0.292. The summed E-state index contributed by atoms with van der Waals surface area (Å²) < 4.78 is 34.2. The number of benzene rings is 2. The van der Waals surface area contributed by atoms with Crippen LogP contribution in [0.4, 0.5) is 26.1 Å². The van der Waals surface area contributed by atoms with Crippen LogP contribution in [0.3, 0.4) is 0 Å². The van der Waals surface area contributed by atoms with E-state index >= 15 is 0 Å². The number of halogens is 2. The number of hydrogen-bond acceptors (Lipinski definition) is 8. The first-order chi connectivity index (χ1) is 17.5. The van der Waals surface area contributed by atoms with Crippen LogP contribution < -0.4 is 20.7 Å². The Hall–Kier alpha value is -4.19. The molecule has 5 rings (SSSR count). The van der Waals surface area contributed by atoms with Crippen molar-refractivity contribution >= 4 is 34.1 Å². The topological polar surface area (TPSA) is 119 Å². The molecule has 3 N–H and O–H groups in total. The fourth-order valence-corrected chi connectivity index (χ4v) is 3.57. The summed E-state index contributed by atoms with van der Waals surface area (Å²) in [5.74, 6) is -1.16. The van der Waals surface area contributed by atoms with Crippen LogP contribution in [0, 0.1) is 11.6 Å². The predicted molar refractivity (Wildman–Crippen MR) is 129 cm³/mol. The van der Waals surface area contributed by atoms with Gasteiger partial charge in [0.05, 0.1) is 24.0 Å². The standard InChI is InChI=1S/C24H24F2N8O2/c25-18-3-1-4-19(23(18)26)30-22(35)13-34-12-21(32-33-34)31-24-17-8-7-16(11-20(17)28-14-29-24)36-10-2-9-27-15-5-6-15/h1,3-4,7-8,11-12,14-15,27H,2,5-6,9-10,13H2,(H,30,35)(H,28,29,31). The van der Waals surface area contributed by atoms with Crippen LogP contribution in [0.15, 0.2) is 48.9 Å². The summed E-state index contributed by atoms with van der Waals surface area (Å²) in [6, 6.07) is 9.81. The van der Waals surface area contributed by atoms with E-state index < -0.39 is 17.5 Å². The van der Waals surface area contributed by atoms with Crippen LogP contribution in [-0.2, 0) is 11.3 Å². The maximum Gasteiger partial charge on any atom is 0.246 e. The molecule has 2 aromatic carbocycles. The second-order valence-electron chi connectivity index (χ2n) is 8.41. The second-order valence-corrected chi connectivity index (χ2v) is 8.41. The lowest BCUT2D eigenvalue weighted by Gasteiger charge is -2.09. The largest absolute Gasteiger partial charge is 0.493 e. The number of anilines is 3. The molecule has 0 atom stereocenters. The summed E-state index contributed by atoms with van der Waals surface area (Å²) >= 11 is 0. The van der Waals surface area contributed by atoms with Gasteiger partial charge in [0.2, 0.25) is 5.91 Å². The monoisotopic (exact) mass is 494 g/mol. The number of carbonyl (C=O) groups is 1. The Morgan fingerprint density at radius 3 is 2.92 bits per heavy atom. The third-order valence-corrected chi connectivity index (χ3v) is 5.52. The van der Waals surface area contributed by atoms with Crippen molar-refractivity contribution in [2.24, 2.45) is 0 Å². The van der Waals surface area contributed by atoms with Crippen molar-refractivity contribution in [3.63, 3.8) is 0 Å². The van der Waals surface area contributed by atoms with E-state index in [2.05, 4.69) is 36.2 Å². The highest BCUT2D eigenvalue weighted by Crippen LogP contribution is 2.26. The lowest BCUT2D eigenvalue weighted by Crippen LogP contribution is -2.20. The first-order valence-corrected chi connectivity index (χ1v) is 11.6. The van der Waals surface area contributed by atoms with Gasteiger partial charge in [0, 0.05) is 17.5 Å². The number of carbonyl (C=O) groups excluding carboxylic acids is 1. The van der Waals surface area contributed by atoms with Crippen molar-refractivity contribution in [2.45, 2.75) is 31.8 Å². The van der Waals surface area contributed by atoms with E-state index in [1.807, 2.05) is 18.2 Å². The molecule has 0 unspecified atom stereocenters. The molecule has 12 heteroatoms. The Morgan fingerprint density at radius 1 is 1.17 bits per heavy atom. The Labute approximate surface area is 205 Å². The fourth-order valence-electron chi connectivity index (χ4n) is 3.57. The molecule has 1 fully saturated rings. The van der Waals surface area contributed by atoms with Gasteiger partial charge in [-0.25, -0.2) is 23.4 Å². The van der Waals surface area contributed by atoms with Crippen molar-refractivity contribution in [1.82, 2.24) is 30.3 Å². The lowest BCUT2D eigenvalue weighted by atomic mass is 10.2. The molecule has 2 heterocycles. The van der Waals surface area contributed by atoms with Crippen molar-refractivity contribution in [3.05, 3.63) is 60.6 Å². The Balaban J connectivity index is 1.18. The van der Waals surface area contributed by atoms with Gasteiger partial charge < -0.3 is 20.7 Å². The minimum atomic E-state index is -1.12. The van der Waals surface area contributed by atoms with Gasteiger partial charge in [0.1, 0.15) is 24.4 Å². The van der Waals surface area contributed by atoms with E-state index in [4.69, 9.17) is 4.74 Å². The zero-order valence-electron chi connectivity index (χ0n) is 19.2. The summed E-state index contributed by atoms with van der Waals surface area (Å²) in [4.78, 5) is 20.8. The van der Waals surface area contributed by atoms with Gasteiger partial charge >= 0.3 is 0 Å². The third-order valence-electron chi connectivity index (χ3n) is 5.52. The Kier molecular flexibility index (Phi) is 6.94. The molecule has 0 aliphatic heterocycles. The van der Waals surface area contributed by atoms with Crippen molar-refractivity contribution in [3.8, 4) is 5.75 Å². The first kappa shape index (κ1) is 23.5. The summed E-state index contributed by atoms with van der Waals surface area (Å²) in [6.45, 7) is 1.31. The van der Waals surface area contributed by atoms with Gasteiger partial charge in [-0.1, -0.05) is 11.3 Å². The van der Waals surface area contributed by atoms with E-state index in [9.17, 15) is 13.6 Å². The third kappa shape index (κ3) is 5.89. The highest BCUT2D eigenvalue weighted by molar-refractivity contribution is 5.91. The van der Waals surface area contributed by atoms with Crippen LogP contribution in [-0.4, -0.2) is 50.1 Å². The molecule has 0 saturated heterocycles. The van der Waals surface area contributed by atoms with Crippen LogP contribution in [0.2, 0.25) is 0 Å². The molecule has 1 saturated carbocycles. The van der Waals surface area contributed by atoms with E-state index in [1.165, 1.54) is 42.2 Å². The Bertz CT molecular complexity index is 1380. The summed E-state index contributed by atoms with van der Waals surface area (Å²) in [5.41, 5.74) is 0.453. The molecule has 10 nitrogen and oxygen atoms in total. The number of amides is 1. The van der Waals surface area contributed by atoms with Crippen molar-refractivity contribution < 1.29 is 18.3 Å². The number of aromatic nitrogens is 5. The molecule has 0 spiro atoms. The van der Waals surface area contributed by atoms with Crippen LogP contribution >= 0.6 is 0 Å². The highest BCUT2D eigenvalue weighted by Gasteiger charge is 2.19. The summed E-state index contributed by atoms with van der Waals surface area (Å²) in [6.07, 6.45) is 6.40. The molecule has 0 radical (unpaired) electrons. The van der Waals surface area contributed by atoms with E-state index in [0.29, 0.717) is 29.8 Å². The van der Waals surface area contributed by atoms with Crippen molar-refractivity contribution in [2.75, 3.05) is 23.8 Å². The molecule has 1 aliphatic carbocycles. The number of ether oxygens (including phenoxy) is 1. The predicted octanol–water partition coefficient (Wildman–Crippen LogP) is 3.40. The molecule has 0 bridgehead atoms. The molecule has 2 aromatic heterocycles. The normalized spacial score (nSPS) is 13.1. The van der Waals surface area contributed by atoms with E-state index in [0.717, 1.165) is 30.2 Å². The average molecular weight is 495 g/mol. The lowest BCUT2D eigenvalue weighted by molar-refractivity contribution is -0.116. The molecule has 1 aliphatic rings. The average Bonchev–Trinajstić information content (AvgIpc) is 3.60. The minimum absolute atomic E-state index is 0.244. The number of rotatable bonds is 11. The summed E-state index contributed by atoms with van der Waals surface area (Å²) in [5, 5.41) is 17.5. The zero-order chi connectivity index (χ0) is 24.9. The van der Waals surface area contributed by atoms with E-state index in [-0.39, 0.29) is 12.2 Å². The molecule has 4 aromatic rings. The first-order valence-electron chi connectivity index (χ1n) is 11.6.